The van der Waals surface area contributed by atoms with Crippen LogP contribution in [0.1, 0.15) is 18.4 Å². The summed E-state index contributed by atoms with van der Waals surface area (Å²) in [6, 6.07) is 17.6. The second-order valence-corrected chi connectivity index (χ2v) is 4.87. The molecule has 1 aliphatic rings. The second-order valence-electron chi connectivity index (χ2n) is 4.87. The predicted molar refractivity (Wildman–Crippen MR) is 79.1 cm³/mol. The van der Waals surface area contributed by atoms with Gasteiger partial charge in [-0.15, -0.1) is 0 Å². The Labute approximate surface area is 119 Å². The second kappa shape index (κ2) is 5.66. The SMILES string of the molecule is N#Cc1cccc(Oc2ccccc2)c1N1CCCC1. The molecule has 0 radical (unpaired) electrons. The number of para-hydroxylation sites is 2. The van der Waals surface area contributed by atoms with Gasteiger partial charge in [0.05, 0.1) is 11.3 Å². The largest absolute Gasteiger partial charge is 0.455 e. The topological polar surface area (TPSA) is 36.3 Å². The number of hydrogen-bond donors (Lipinski definition) is 0. The van der Waals surface area contributed by atoms with Crippen molar-refractivity contribution in [2.24, 2.45) is 0 Å². The molecule has 0 unspecified atom stereocenters. The van der Waals surface area contributed by atoms with E-state index >= 15 is 0 Å². The first kappa shape index (κ1) is 12.6. The Morgan fingerprint density at radius 3 is 2.40 bits per heavy atom. The molecule has 1 fully saturated rings. The maximum atomic E-state index is 9.34. The number of ether oxygens (including phenoxy) is 1. The van der Waals surface area contributed by atoms with Crippen molar-refractivity contribution in [2.75, 3.05) is 18.0 Å². The summed E-state index contributed by atoms with van der Waals surface area (Å²) in [6.07, 6.45) is 2.34. The molecule has 2 aromatic carbocycles. The molecule has 1 heterocycles. The van der Waals surface area contributed by atoms with Gasteiger partial charge in [-0.2, -0.15) is 5.26 Å². The van der Waals surface area contributed by atoms with E-state index in [0.717, 1.165) is 30.3 Å². The first-order valence-electron chi connectivity index (χ1n) is 6.89. The van der Waals surface area contributed by atoms with Crippen LogP contribution in [0.15, 0.2) is 48.5 Å². The molecule has 3 nitrogen and oxygen atoms in total. The lowest BCUT2D eigenvalue weighted by Gasteiger charge is -2.22. The molecule has 0 saturated carbocycles. The summed E-state index contributed by atoms with van der Waals surface area (Å²) in [5.74, 6) is 1.56. The minimum atomic E-state index is 0.681. The Hall–Kier alpha value is -2.47. The van der Waals surface area contributed by atoms with E-state index < -0.39 is 0 Å². The van der Waals surface area contributed by atoms with E-state index in [4.69, 9.17) is 4.74 Å². The van der Waals surface area contributed by atoms with E-state index in [2.05, 4.69) is 11.0 Å². The van der Waals surface area contributed by atoms with Crippen LogP contribution in [0.2, 0.25) is 0 Å². The quantitative estimate of drug-likeness (QED) is 0.842. The predicted octanol–water partition coefficient (Wildman–Crippen LogP) is 3.95. The zero-order valence-electron chi connectivity index (χ0n) is 11.2. The van der Waals surface area contributed by atoms with Gasteiger partial charge in [-0.1, -0.05) is 24.3 Å². The van der Waals surface area contributed by atoms with Gasteiger partial charge < -0.3 is 9.64 Å². The fraction of sp³-hybridized carbons (Fsp3) is 0.235. The summed E-state index contributed by atoms with van der Waals surface area (Å²) in [6.45, 7) is 1.98. The van der Waals surface area contributed by atoms with E-state index in [-0.39, 0.29) is 0 Å². The third-order valence-electron chi connectivity index (χ3n) is 3.51. The molecule has 0 N–H and O–H groups in total. The van der Waals surface area contributed by atoms with E-state index in [9.17, 15) is 5.26 Å². The zero-order valence-corrected chi connectivity index (χ0v) is 11.2. The molecule has 0 spiro atoms. The molecule has 1 aliphatic heterocycles. The Bertz CT molecular complexity index is 625. The number of anilines is 1. The summed E-state index contributed by atoms with van der Waals surface area (Å²) in [5, 5.41) is 9.34. The molecule has 100 valence electrons. The lowest BCUT2D eigenvalue weighted by atomic mass is 10.1. The standard InChI is InChI=1S/C17H16N2O/c18-13-14-7-6-10-16(17(14)19-11-4-5-12-19)20-15-8-2-1-3-9-15/h1-3,6-10H,4-5,11-12H2. The molecule has 1 saturated heterocycles. The van der Waals surface area contributed by atoms with Gasteiger partial charge >= 0.3 is 0 Å². The van der Waals surface area contributed by atoms with Crippen molar-refractivity contribution in [1.82, 2.24) is 0 Å². The maximum Gasteiger partial charge on any atom is 0.152 e. The van der Waals surface area contributed by atoms with Crippen molar-refractivity contribution in [2.45, 2.75) is 12.8 Å². The Kier molecular flexibility index (Phi) is 3.56. The highest BCUT2D eigenvalue weighted by molar-refractivity contribution is 5.69. The van der Waals surface area contributed by atoms with Gasteiger partial charge in [0, 0.05) is 13.1 Å². The van der Waals surface area contributed by atoms with Gasteiger partial charge in [0.15, 0.2) is 5.75 Å². The van der Waals surface area contributed by atoms with E-state index in [0.29, 0.717) is 5.56 Å². The minimum absolute atomic E-state index is 0.681. The highest BCUT2D eigenvalue weighted by Gasteiger charge is 2.20. The fourth-order valence-corrected chi connectivity index (χ4v) is 2.58. The molecule has 3 heteroatoms. The average Bonchev–Trinajstić information content (AvgIpc) is 3.02. The molecule has 2 aromatic rings. The first-order chi connectivity index (χ1) is 9.88. The monoisotopic (exact) mass is 264 g/mol. The van der Waals surface area contributed by atoms with Crippen molar-refractivity contribution in [3.05, 3.63) is 54.1 Å². The minimum Gasteiger partial charge on any atom is -0.455 e. The van der Waals surface area contributed by atoms with Crippen molar-refractivity contribution < 1.29 is 4.74 Å². The van der Waals surface area contributed by atoms with Crippen LogP contribution in [0.3, 0.4) is 0 Å². The van der Waals surface area contributed by atoms with Crippen LogP contribution in [0.25, 0.3) is 0 Å². The Morgan fingerprint density at radius 2 is 1.70 bits per heavy atom. The molecular formula is C17H16N2O. The van der Waals surface area contributed by atoms with Crippen LogP contribution >= 0.6 is 0 Å². The van der Waals surface area contributed by atoms with Gasteiger partial charge in [-0.3, -0.25) is 0 Å². The van der Waals surface area contributed by atoms with E-state index in [1.54, 1.807) is 0 Å². The summed E-state index contributed by atoms with van der Waals surface area (Å²) in [5.41, 5.74) is 1.61. The van der Waals surface area contributed by atoms with Crippen molar-refractivity contribution in [1.29, 1.82) is 5.26 Å². The Morgan fingerprint density at radius 1 is 0.950 bits per heavy atom. The van der Waals surface area contributed by atoms with Crippen molar-refractivity contribution in [3.8, 4) is 17.6 Å². The zero-order chi connectivity index (χ0) is 13.8. The smallest absolute Gasteiger partial charge is 0.152 e. The van der Waals surface area contributed by atoms with Gasteiger partial charge in [-0.25, -0.2) is 0 Å². The van der Waals surface area contributed by atoms with Crippen LogP contribution in [0.5, 0.6) is 11.5 Å². The lowest BCUT2D eigenvalue weighted by Crippen LogP contribution is -2.19. The van der Waals surface area contributed by atoms with Gasteiger partial charge in [-0.05, 0) is 37.1 Å². The average molecular weight is 264 g/mol. The molecule has 0 aliphatic carbocycles. The third kappa shape index (κ3) is 2.46. The van der Waals surface area contributed by atoms with Crippen molar-refractivity contribution in [3.63, 3.8) is 0 Å². The number of hydrogen-bond acceptors (Lipinski definition) is 3. The van der Waals surface area contributed by atoms with Crippen molar-refractivity contribution >= 4 is 5.69 Å². The number of nitriles is 1. The molecule has 0 amide bonds. The number of benzene rings is 2. The molecular weight excluding hydrogens is 248 g/mol. The number of rotatable bonds is 3. The molecule has 3 rings (SSSR count). The van der Waals surface area contributed by atoms with Crippen LogP contribution in [0, 0.1) is 11.3 Å². The van der Waals surface area contributed by atoms with Crippen LogP contribution in [-0.4, -0.2) is 13.1 Å². The Balaban J connectivity index is 1.99. The van der Waals surface area contributed by atoms with Crippen LogP contribution in [0.4, 0.5) is 5.69 Å². The third-order valence-corrected chi connectivity index (χ3v) is 3.51. The molecule has 0 bridgehead atoms. The summed E-state index contributed by atoms with van der Waals surface area (Å²) in [7, 11) is 0. The van der Waals surface area contributed by atoms with Crippen LogP contribution < -0.4 is 9.64 Å². The number of nitrogens with zero attached hydrogens (tertiary/aromatic N) is 2. The molecule has 0 aromatic heterocycles. The highest BCUT2D eigenvalue weighted by Crippen LogP contribution is 2.36. The first-order valence-corrected chi connectivity index (χ1v) is 6.89. The fourth-order valence-electron chi connectivity index (χ4n) is 2.58. The lowest BCUT2D eigenvalue weighted by molar-refractivity contribution is 0.482. The van der Waals surface area contributed by atoms with Gasteiger partial charge in [0.1, 0.15) is 11.8 Å². The van der Waals surface area contributed by atoms with E-state index in [1.165, 1.54) is 12.8 Å². The molecule has 20 heavy (non-hydrogen) atoms. The normalized spacial score (nSPS) is 14.1. The highest BCUT2D eigenvalue weighted by atomic mass is 16.5. The van der Waals surface area contributed by atoms with Gasteiger partial charge in [0.25, 0.3) is 0 Å². The maximum absolute atomic E-state index is 9.34. The van der Waals surface area contributed by atoms with Crippen LogP contribution in [-0.2, 0) is 0 Å². The molecule has 0 atom stereocenters. The van der Waals surface area contributed by atoms with E-state index in [1.807, 2.05) is 48.5 Å². The summed E-state index contributed by atoms with van der Waals surface area (Å²) < 4.78 is 5.97. The summed E-state index contributed by atoms with van der Waals surface area (Å²) >= 11 is 0. The summed E-state index contributed by atoms with van der Waals surface area (Å²) in [4.78, 5) is 2.25. The van der Waals surface area contributed by atoms with Gasteiger partial charge in [0.2, 0.25) is 0 Å².